The average molecular weight is 278 g/mol. The number of hydrogen-bond donors (Lipinski definition) is 1. The van der Waals surface area contributed by atoms with Gasteiger partial charge in [0.15, 0.2) is 5.78 Å². The van der Waals surface area contributed by atoms with E-state index in [-0.39, 0.29) is 17.2 Å². The second-order valence-electron chi connectivity index (χ2n) is 4.41. The van der Waals surface area contributed by atoms with E-state index in [4.69, 9.17) is 17.3 Å². The molecular formula is C15H13ClFNO. The van der Waals surface area contributed by atoms with Crippen LogP contribution in [0, 0.1) is 12.7 Å². The van der Waals surface area contributed by atoms with Gasteiger partial charge in [0.05, 0.1) is 0 Å². The average Bonchev–Trinajstić information content (AvgIpc) is 2.36. The molecule has 2 aromatic rings. The van der Waals surface area contributed by atoms with E-state index >= 15 is 0 Å². The van der Waals surface area contributed by atoms with Crippen molar-refractivity contribution in [2.24, 2.45) is 0 Å². The third kappa shape index (κ3) is 3.12. The monoisotopic (exact) mass is 277 g/mol. The zero-order valence-corrected chi connectivity index (χ0v) is 11.2. The first kappa shape index (κ1) is 13.6. The van der Waals surface area contributed by atoms with Gasteiger partial charge in [-0.05, 0) is 36.2 Å². The van der Waals surface area contributed by atoms with E-state index in [9.17, 15) is 9.18 Å². The quantitative estimate of drug-likeness (QED) is 0.685. The summed E-state index contributed by atoms with van der Waals surface area (Å²) in [5.74, 6) is -0.513. The second-order valence-corrected chi connectivity index (χ2v) is 4.81. The molecule has 19 heavy (non-hydrogen) atoms. The topological polar surface area (TPSA) is 43.1 Å². The third-order valence-electron chi connectivity index (χ3n) is 2.97. The van der Waals surface area contributed by atoms with Gasteiger partial charge in [0.2, 0.25) is 0 Å². The molecule has 0 aliphatic heterocycles. The lowest BCUT2D eigenvalue weighted by atomic mass is 10.0. The molecule has 2 aromatic carbocycles. The molecule has 0 bridgehead atoms. The maximum absolute atomic E-state index is 12.9. The van der Waals surface area contributed by atoms with Crippen LogP contribution in [0.2, 0.25) is 5.02 Å². The highest BCUT2D eigenvalue weighted by atomic mass is 35.5. The van der Waals surface area contributed by atoms with Crippen molar-refractivity contribution in [2.75, 3.05) is 5.73 Å². The highest BCUT2D eigenvalue weighted by molar-refractivity contribution is 6.31. The van der Waals surface area contributed by atoms with Crippen LogP contribution in [-0.2, 0) is 6.42 Å². The highest BCUT2D eigenvalue weighted by Crippen LogP contribution is 2.20. The fourth-order valence-electron chi connectivity index (χ4n) is 1.75. The first-order valence-electron chi connectivity index (χ1n) is 5.80. The molecule has 0 aromatic heterocycles. The Morgan fingerprint density at radius 1 is 1.26 bits per heavy atom. The lowest BCUT2D eigenvalue weighted by Crippen LogP contribution is -2.05. The van der Waals surface area contributed by atoms with Gasteiger partial charge >= 0.3 is 0 Å². The molecule has 0 aliphatic carbocycles. The van der Waals surface area contributed by atoms with Gasteiger partial charge in [-0.3, -0.25) is 4.79 Å². The van der Waals surface area contributed by atoms with E-state index in [0.717, 1.165) is 5.56 Å². The number of rotatable bonds is 3. The minimum Gasteiger partial charge on any atom is -0.398 e. The van der Waals surface area contributed by atoms with E-state index < -0.39 is 5.82 Å². The molecule has 0 saturated heterocycles. The van der Waals surface area contributed by atoms with Gasteiger partial charge in [-0.2, -0.15) is 0 Å². The lowest BCUT2D eigenvalue weighted by Gasteiger charge is -2.06. The maximum atomic E-state index is 12.9. The van der Waals surface area contributed by atoms with Crippen LogP contribution in [0.25, 0.3) is 0 Å². The number of carbonyl (C=O) groups excluding carboxylic acids is 1. The summed E-state index contributed by atoms with van der Waals surface area (Å²) in [6.45, 7) is 1.88. The first-order valence-corrected chi connectivity index (χ1v) is 6.18. The molecule has 0 heterocycles. The number of halogens is 2. The van der Waals surface area contributed by atoms with Crippen molar-refractivity contribution in [3.63, 3.8) is 0 Å². The molecule has 2 N–H and O–H groups in total. The number of ketones is 1. The number of carbonyl (C=O) groups is 1. The Hall–Kier alpha value is -1.87. The number of aryl methyl sites for hydroxylation is 1. The van der Waals surface area contributed by atoms with Crippen LogP contribution in [-0.4, -0.2) is 5.78 Å². The van der Waals surface area contributed by atoms with E-state index in [1.165, 1.54) is 18.2 Å². The van der Waals surface area contributed by atoms with Crippen molar-refractivity contribution in [1.82, 2.24) is 0 Å². The van der Waals surface area contributed by atoms with Crippen LogP contribution >= 0.6 is 11.6 Å². The summed E-state index contributed by atoms with van der Waals surface area (Å²) in [5, 5.41) is 0.258. The number of nitrogen functional groups attached to an aromatic ring is 1. The summed E-state index contributed by atoms with van der Waals surface area (Å²) in [6, 6.07) is 9.19. The van der Waals surface area contributed by atoms with Gasteiger partial charge in [0, 0.05) is 22.7 Å². The number of anilines is 1. The molecule has 98 valence electrons. The Kier molecular flexibility index (Phi) is 3.86. The largest absolute Gasteiger partial charge is 0.398 e. The second kappa shape index (κ2) is 5.41. The Labute approximate surface area is 116 Å². The standard InChI is InChI=1S/C15H13ClFNO/c1-9-2-3-11(6-14(9)18)15(19)7-10-4-5-12(17)8-13(10)16/h2-6,8H,7,18H2,1H3. The zero-order valence-electron chi connectivity index (χ0n) is 10.4. The smallest absolute Gasteiger partial charge is 0.167 e. The molecule has 0 aliphatic rings. The van der Waals surface area contributed by atoms with Gasteiger partial charge < -0.3 is 5.73 Å². The predicted molar refractivity (Wildman–Crippen MR) is 75.0 cm³/mol. The molecular weight excluding hydrogens is 265 g/mol. The zero-order chi connectivity index (χ0) is 14.0. The molecule has 0 fully saturated rings. The normalized spacial score (nSPS) is 10.5. The fraction of sp³-hybridized carbons (Fsp3) is 0.133. The first-order chi connectivity index (χ1) is 8.97. The molecule has 2 nitrogen and oxygen atoms in total. The minimum atomic E-state index is -0.416. The van der Waals surface area contributed by atoms with Gasteiger partial charge in [-0.15, -0.1) is 0 Å². The van der Waals surface area contributed by atoms with E-state index in [1.807, 2.05) is 6.92 Å². The fourth-order valence-corrected chi connectivity index (χ4v) is 1.99. The molecule has 2 rings (SSSR count). The highest BCUT2D eigenvalue weighted by Gasteiger charge is 2.11. The number of Topliss-reactive ketones (excluding diaryl/α,β-unsaturated/α-hetero) is 1. The maximum Gasteiger partial charge on any atom is 0.167 e. The number of nitrogens with two attached hydrogens (primary N) is 1. The molecule has 0 radical (unpaired) electrons. The summed E-state index contributed by atoms with van der Waals surface area (Å²) in [6.07, 6.45) is 0.127. The van der Waals surface area contributed by atoms with Gasteiger partial charge in [-0.25, -0.2) is 4.39 Å². The molecule has 0 atom stereocenters. The molecule has 0 spiro atoms. The van der Waals surface area contributed by atoms with Crippen molar-refractivity contribution < 1.29 is 9.18 Å². The van der Waals surface area contributed by atoms with Gasteiger partial charge in [-0.1, -0.05) is 29.8 Å². The van der Waals surface area contributed by atoms with Gasteiger partial charge in [0.25, 0.3) is 0 Å². The summed E-state index contributed by atoms with van der Waals surface area (Å²) in [4.78, 5) is 12.1. The van der Waals surface area contributed by atoms with Crippen LogP contribution in [0.5, 0.6) is 0 Å². The summed E-state index contributed by atoms with van der Waals surface area (Å²) in [5.41, 5.74) is 8.42. The van der Waals surface area contributed by atoms with Gasteiger partial charge in [0.1, 0.15) is 5.82 Å². The summed E-state index contributed by atoms with van der Waals surface area (Å²) in [7, 11) is 0. The Bertz CT molecular complexity index is 640. The molecule has 0 amide bonds. The van der Waals surface area contributed by atoms with Crippen LogP contribution in [0.1, 0.15) is 21.5 Å². The Balaban J connectivity index is 2.23. The summed E-state index contributed by atoms with van der Waals surface area (Å²) < 4.78 is 12.9. The Morgan fingerprint density at radius 2 is 2.00 bits per heavy atom. The summed E-state index contributed by atoms with van der Waals surface area (Å²) >= 11 is 5.90. The van der Waals surface area contributed by atoms with E-state index in [2.05, 4.69) is 0 Å². The van der Waals surface area contributed by atoms with Crippen LogP contribution in [0.4, 0.5) is 10.1 Å². The van der Waals surface area contributed by atoms with Crippen molar-refractivity contribution in [3.8, 4) is 0 Å². The third-order valence-corrected chi connectivity index (χ3v) is 3.32. The van der Waals surface area contributed by atoms with E-state index in [0.29, 0.717) is 16.8 Å². The minimum absolute atomic E-state index is 0.0970. The van der Waals surface area contributed by atoms with Crippen molar-refractivity contribution >= 4 is 23.1 Å². The number of hydrogen-bond acceptors (Lipinski definition) is 2. The van der Waals surface area contributed by atoms with Crippen LogP contribution in [0.3, 0.4) is 0 Å². The van der Waals surface area contributed by atoms with Crippen molar-refractivity contribution in [3.05, 3.63) is 63.9 Å². The number of benzene rings is 2. The molecule has 0 saturated carbocycles. The lowest BCUT2D eigenvalue weighted by molar-refractivity contribution is 0.0993. The van der Waals surface area contributed by atoms with Crippen LogP contribution < -0.4 is 5.73 Å². The molecule has 0 unspecified atom stereocenters. The SMILES string of the molecule is Cc1ccc(C(=O)Cc2ccc(F)cc2Cl)cc1N. The van der Waals surface area contributed by atoms with Crippen LogP contribution in [0.15, 0.2) is 36.4 Å². The van der Waals surface area contributed by atoms with E-state index in [1.54, 1.807) is 18.2 Å². The van der Waals surface area contributed by atoms with Crippen molar-refractivity contribution in [1.29, 1.82) is 0 Å². The Morgan fingerprint density at radius 3 is 2.63 bits per heavy atom. The predicted octanol–water partition coefficient (Wildman–Crippen LogP) is 3.80. The van der Waals surface area contributed by atoms with Crippen molar-refractivity contribution in [2.45, 2.75) is 13.3 Å². The molecule has 4 heteroatoms.